The van der Waals surface area contributed by atoms with Crippen molar-refractivity contribution < 1.29 is 59.9 Å². The van der Waals surface area contributed by atoms with Gasteiger partial charge in [0, 0.05) is 0 Å². The van der Waals surface area contributed by atoms with E-state index in [0.29, 0.717) is 0 Å². The molecule has 0 heterocycles. The fourth-order valence-corrected chi connectivity index (χ4v) is 0. The van der Waals surface area contributed by atoms with Gasteiger partial charge in [-0.3, -0.25) is 0 Å². The Labute approximate surface area is 100 Å². The van der Waals surface area contributed by atoms with E-state index in [0.717, 1.165) is 0 Å². The van der Waals surface area contributed by atoms with Crippen LogP contribution in [0.5, 0.6) is 0 Å². The summed E-state index contributed by atoms with van der Waals surface area (Å²) in [5, 5.41) is 15.9. The van der Waals surface area contributed by atoms with Crippen LogP contribution >= 0.6 is 0 Å². The molecule has 0 aromatic rings. The van der Waals surface area contributed by atoms with E-state index in [1.165, 1.54) is 0 Å². The summed E-state index contributed by atoms with van der Waals surface area (Å²) in [6.07, 6.45) is 0.250. The van der Waals surface area contributed by atoms with E-state index in [2.05, 4.69) is 4.89 Å². The molecule has 0 aromatic heterocycles. The zero-order chi connectivity index (χ0) is 10.1. The molecule has 0 aromatic carbocycles. The number of hydrogen-bond acceptors (Lipinski definition) is 5. The van der Waals surface area contributed by atoms with Gasteiger partial charge in [-0.2, -0.15) is 9.59 Å². The monoisotopic (exact) mass is 208 g/mol. The van der Waals surface area contributed by atoms with E-state index in [9.17, 15) is 0 Å². The van der Waals surface area contributed by atoms with Gasteiger partial charge in [-0.15, -0.1) is 0 Å². The topological polar surface area (TPSA) is 118 Å². The van der Waals surface area contributed by atoms with E-state index in [-0.39, 0.29) is 41.2 Å². The van der Waals surface area contributed by atoms with Crippen LogP contribution in [-0.4, -0.2) is 23.5 Å². The van der Waals surface area contributed by atoms with Crippen molar-refractivity contribution in [3.63, 3.8) is 0 Å². The molecule has 7 heteroatoms. The van der Waals surface area contributed by atoms with Crippen molar-refractivity contribution in [2.24, 2.45) is 0 Å². The zero-order valence-electron chi connectivity index (χ0n) is 8.79. The van der Waals surface area contributed by atoms with Gasteiger partial charge in [0.2, 0.25) is 0 Å². The summed E-state index contributed by atoms with van der Waals surface area (Å²) in [5.74, 6) is 0. The summed E-state index contributed by atoms with van der Waals surface area (Å²) in [4.78, 5) is 19.1. The van der Waals surface area contributed by atoms with Gasteiger partial charge >= 0.3 is 35.7 Å². The largest absolute Gasteiger partial charge is 1.00 e. The van der Waals surface area contributed by atoms with E-state index in [4.69, 9.17) is 20.0 Å². The summed E-state index contributed by atoms with van der Waals surface area (Å²) in [7, 11) is 0. The second kappa shape index (κ2) is 148. The molecule has 13 heavy (non-hydrogen) atoms. The first-order valence-corrected chi connectivity index (χ1v) is 3.18. The van der Waals surface area contributed by atoms with Crippen LogP contribution in [0.15, 0.2) is 0 Å². The predicted molar refractivity (Wildman–Crippen MR) is 39.5 cm³/mol. The van der Waals surface area contributed by atoms with Gasteiger partial charge in [-0.05, 0) is 0 Å². The first kappa shape index (κ1) is 37.9. The summed E-state index contributed by atoms with van der Waals surface area (Å²) in [6.45, 7) is 7.26. The smallest absolute Gasteiger partial charge is 0.722 e. The Balaban J connectivity index is -0.0000000125. The van der Waals surface area contributed by atoms with Crippen LogP contribution in [0, 0.1) is 0 Å². The molecule has 0 spiro atoms. The molecule has 0 radical (unpaired) electrons. The molecule has 0 saturated carbocycles. The van der Waals surface area contributed by atoms with Crippen LogP contribution in [0.1, 0.15) is 27.7 Å². The average Bonchev–Trinajstić information content (AvgIpc) is 2.12. The fraction of sp³-hybridized carbons (Fsp3) is 0.833. The van der Waals surface area contributed by atoms with Crippen molar-refractivity contribution in [1.29, 1.82) is 0 Å². The molecule has 0 aliphatic heterocycles. The van der Waals surface area contributed by atoms with Gasteiger partial charge in [0.05, 0.1) is 0 Å². The Morgan fingerprint density at radius 2 is 1.31 bits per heavy atom. The minimum atomic E-state index is -0.736. The van der Waals surface area contributed by atoms with Crippen LogP contribution in [0.3, 0.4) is 0 Å². The van der Waals surface area contributed by atoms with E-state index >= 15 is 0 Å². The standard InChI is InChI=1S/2C2H6.CH4O3.CO2.Na.H2O/c2*1-2;2-1-4-3;2-1-3;;/h2*1-2H3;2-3H,1H2;;;1H2/q;;;;+1;/p-1. The van der Waals surface area contributed by atoms with E-state index < -0.39 is 6.79 Å². The van der Waals surface area contributed by atoms with Crippen LogP contribution in [-0.2, 0) is 14.5 Å². The molecular formula is C6H17NaO6. The summed E-state index contributed by atoms with van der Waals surface area (Å²) >= 11 is 0. The first-order valence-electron chi connectivity index (χ1n) is 3.18. The van der Waals surface area contributed by atoms with Crippen LogP contribution in [0.2, 0.25) is 0 Å². The molecule has 0 unspecified atom stereocenters. The third-order valence-electron chi connectivity index (χ3n) is 0.0527. The summed E-state index contributed by atoms with van der Waals surface area (Å²) in [6, 6.07) is 0. The molecule has 0 amide bonds. The third-order valence-corrected chi connectivity index (χ3v) is 0.0527. The van der Waals surface area contributed by atoms with Gasteiger partial charge in [-0.1, -0.05) is 27.7 Å². The maximum absolute atomic E-state index is 8.55. The first-order chi connectivity index (χ1) is 5.33. The van der Waals surface area contributed by atoms with Crippen molar-refractivity contribution in [3.8, 4) is 0 Å². The second-order valence-electron chi connectivity index (χ2n) is 0.330. The SMILES string of the molecule is CC.CC.O.O=C=O.[Na+].[O-]OCO. The molecule has 0 atom stereocenters. The zero-order valence-corrected chi connectivity index (χ0v) is 10.8. The number of carbonyl (C=O) groups excluding carboxylic acids is 2. The number of aliphatic hydroxyl groups excluding tert-OH is 1. The maximum atomic E-state index is 8.55. The molecule has 0 bridgehead atoms. The minimum absolute atomic E-state index is 0. The van der Waals surface area contributed by atoms with Gasteiger partial charge < -0.3 is 20.7 Å². The number of rotatable bonds is 1. The van der Waals surface area contributed by atoms with Gasteiger partial charge in [0.15, 0.2) is 0 Å². The summed E-state index contributed by atoms with van der Waals surface area (Å²) < 4.78 is 0. The third kappa shape index (κ3) is 858. The maximum Gasteiger partial charge on any atom is 1.00 e. The second-order valence-corrected chi connectivity index (χ2v) is 0.330. The summed E-state index contributed by atoms with van der Waals surface area (Å²) in [5.41, 5.74) is 0. The van der Waals surface area contributed by atoms with Crippen LogP contribution in [0.25, 0.3) is 0 Å². The van der Waals surface area contributed by atoms with Gasteiger partial charge in [-0.25, -0.2) is 0 Å². The van der Waals surface area contributed by atoms with Crippen molar-refractivity contribution in [2.75, 3.05) is 6.79 Å². The number of aliphatic hydroxyl groups is 1. The average molecular weight is 208 g/mol. The van der Waals surface area contributed by atoms with Crippen molar-refractivity contribution in [2.45, 2.75) is 27.7 Å². The molecule has 3 N–H and O–H groups in total. The van der Waals surface area contributed by atoms with E-state index in [1.54, 1.807) is 0 Å². The molecular weight excluding hydrogens is 191 g/mol. The molecule has 0 aliphatic carbocycles. The molecule has 0 fully saturated rings. The Hall–Kier alpha value is 0.220. The fourth-order valence-electron chi connectivity index (χ4n) is 0. The Morgan fingerprint density at radius 1 is 1.23 bits per heavy atom. The Bertz CT molecular complexity index is 53.1. The molecule has 6 nitrogen and oxygen atoms in total. The quantitative estimate of drug-likeness (QED) is 0.203. The Kier molecular flexibility index (Phi) is 432. The Morgan fingerprint density at radius 3 is 1.31 bits per heavy atom. The normalized spacial score (nSPS) is 3.85. The molecule has 0 aliphatic rings. The molecule has 0 saturated heterocycles. The molecule has 78 valence electrons. The van der Waals surface area contributed by atoms with Crippen LogP contribution in [0.4, 0.5) is 0 Å². The van der Waals surface area contributed by atoms with Gasteiger partial charge in [0.1, 0.15) is 6.79 Å². The van der Waals surface area contributed by atoms with Gasteiger partial charge in [0.25, 0.3) is 0 Å². The van der Waals surface area contributed by atoms with Crippen molar-refractivity contribution >= 4 is 6.15 Å². The van der Waals surface area contributed by atoms with Crippen molar-refractivity contribution in [1.82, 2.24) is 0 Å². The minimum Gasteiger partial charge on any atom is -0.722 e. The molecule has 0 rings (SSSR count). The van der Waals surface area contributed by atoms with Crippen LogP contribution < -0.4 is 34.8 Å². The number of hydrogen-bond donors (Lipinski definition) is 1. The van der Waals surface area contributed by atoms with E-state index in [1.807, 2.05) is 27.7 Å². The predicted octanol–water partition coefficient (Wildman–Crippen LogP) is -4.12. The van der Waals surface area contributed by atoms with Crippen molar-refractivity contribution in [3.05, 3.63) is 0 Å².